The van der Waals surface area contributed by atoms with Gasteiger partial charge in [-0.15, -0.1) is 0 Å². The van der Waals surface area contributed by atoms with Crippen LogP contribution in [0, 0.1) is 0 Å². The van der Waals surface area contributed by atoms with Crippen LogP contribution in [0.25, 0.3) is 0 Å². The molecule has 68 heavy (non-hydrogen) atoms. The van der Waals surface area contributed by atoms with Crippen molar-refractivity contribution in [2.24, 2.45) is 0 Å². The molecule has 0 spiro atoms. The van der Waals surface area contributed by atoms with Crippen LogP contribution in [-0.2, 0) is 32.7 Å². The Kier molecular flexibility index (Phi) is 37.2. The van der Waals surface area contributed by atoms with E-state index in [4.69, 9.17) is 18.5 Å². The molecular weight excluding hydrogens is 892 g/mol. The Balaban J connectivity index is 2.58. The highest BCUT2D eigenvalue weighted by atomic mass is 31.2. The number of hydrogen-bond donors (Lipinski definition) is 7. The number of aliphatic hydroxyl groups is 6. The second-order valence-corrected chi connectivity index (χ2v) is 17.5. The van der Waals surface area contributed by atoms with Gasteiger partial charge in [-0.2, -0.15) is 0 Å². The minimum Gasteiger partial charge on any atom is -0.462 e. The molecule has 0 aromatic rings. The Hall–Kier alpha value is -4.05. The molecule has 9 atom stereocenters. The number of allylic oxidation sites excluding steroid dienone is 21. The predicted molar refractivity (Wildman–Crippen MR) is 268 cm³/mol. The first-order chi connectivity index (χ1) is 32.8. The summed E-state index contributed by atoms with van der Waals surface area (Å²) in [6.07, 6.45) is 42.4. The van der Waals surface area contributed by atoms with Crippen molar-refractivity contribution in [3.8, 4) is 0 Å². The van der Waals surface area contributed by atoms with E-state index in [1.54, 1.807) is 12.2 Å². The summed E-state index contributed by atoms with van der Waals surface area (Å²) in [4.78, 5) is 35.8. The fourth-order valence-electron chi connectivity index (χ4n) is 6.24. The molecule has 1 rings (SSSR count). The lowest BCUT2D eigenvalue weighted by Gasteiger charge is -2.41. The molecule has 0 heterocycles. The minimum atomic E-state index is -5.20. The van der Waals surface area contributed by atoms with Crippen molar-refractivity contribution in [1.82, 2.24) is 0 Å². The molecule has 0 aromatic carbocycles. The van der Waals surface area contributed by atoms with Crippen molar-refractivity contribution in [1.29, 1.82) is 0 Å². The lowest BCUT2D eigenvalue weighted by atomic mass is 9.85. The molecule has 14 nitrogen and oxygen atoms in total. The predicted octanol–water partition coefficient (Wildman–Crippen LogP) is 8.91. The maximum Gasteiger partial charge on any atom is 0.472 e. The number of phosphoric acid groups is 1. The van der Waals surface area contributed by atoms with E-state index in [2.05, 4.69) is 117 Å². The molecule has 15 heteroatoms. The average Bonchev–Trinajstić information content (AvgIpc) is 3.32. The normalized spacial score (nSPS) is 22.7. The smallest absolute Gasteiger partial charge is 0.462 e. The third-order valence-corrected chi connectivity index (χ3v) is 11.1. The maximum absolute atomic E-state index is 12.8. The standard InChI is InChI=1S/C53H81O14P/c1-3-5-7-9-11-13-15-17-19-21-22-23-25-27-29-31-33-35-37-39-47(56)66-45(43-65-68(62,63)67-53-51(60)49(58)48(57)50(59)52(53)61)42-64-46(55)41-40-44(54)38-36-34-32-30-28-26-24-20-18-16-14-12-10-8-6-4-2/h5-8,11-14,17-20,22-23,26-29,32,34,36,38,44-45,48-54,57-61H,3-4,9-10,15-16,21,24-25,30-31,33,35,37,39-43H2,1-2H3,(H,62,63)/b7-5-,8-6-,13-11-,14-12-,19-17-,20-18-,23-22-,28-26-,29-27-,34-32-,38-36-/t44?,45-,48?,49-,50+,51-,52-,53?/m1/s1. The topological polar surface area (TPSA) is 230 Å². The van der Waals surface area contributed by atoms with E-state index in [1.165, 1.54) is 6.08 Å². The fraction of sp³-hybridized carbons (Fsp3) is 0.547. The van der Waals surface area contributed by atoms with Crippen LogP contribution in [0.2, 0.25) is 0 Å². The lowest BCUT2D eigenvalue weighted by molar-refractivity contribution is -0.220. The number of carbonyl (C=O) groups is 2. The van der Waals surface area contributed by atoms with Crippen LogP contribution >= 0.6 is 7.82 Å². The van der Waals surface area contributed by atoms with Crippen molar-refractivity contribution < 1.29 is 68.2 Å². The summed E-state index contributed by atoms with van der Waals surface area (Å²) in [5.74, 6) is -1.44. The van der Waals surface area contributed by atoms with Crippen molar-refractivity contribution in [2.75, 3.05) is 13.2 Å². The van der Waals surface area contributed by atoms with Gasteiger partial charge in [-0.1, -0.05) is 154 Å². The van der Waals surface area contributed by atoms with E-state index in [1.807, 2.05) is 12.2 Å². The van der Waals surface area contributed by atoms with Crippen LogP contribution in [0.1, 0.15) is 123 Å². The van der Waals surface area contributed by atoms with E-state index >= 15 is 0 Å². The summed E-state index contributed by atoms with van der Waals surface area (Å²) < 4.78 is 33.3. The molecule has 4 unspecified atom stereocenters. The van der Waals surface area contributed by atoms with E-state index in [0.717, 1.165) is 77.0 Å². The largest absolute Gasteiger partial charge is 0.472 e. The number of carbonyl (C=O) groups excluding carboxylic acids is 2. The Labute approximate surface area is 405 Å². The second-order valence-electron chi connectivity index (χ2n) is 16.0. The lowest BCUT2D eigenvalue weighted by Crippen LogP contribution is -2.64. The zero-order valence-corrected chi connectivity index (χ0v) is 41.1. The molecule has 0 aliphatic heterocycles. The molecule has 0 aromatic heterocycles. The first-order valence-electron chi connectivity index (χ1n) is 24.1. The van der Waals surface area contributed by atoms with Crippen LogP contribution in [-0.4, -0.2) is 110 Å². The van der Waals surface area contributed by atoms with Gasteiger partial charge in [0, 0.05) is 12.8 Å². The summed E-state index contributed by atoms with van der Waals surface area (Å²) in [5.41, 5.74) is 0. The van der Waals surface area contributed by atoms with Crippen LogP contribution in [0.15, 0.2) is 134 Å². The van der Waals surface area contributed by atoms with Crippen LogP contribution in [0.4, 0.5) is 0 Å². The first kappa shape index (κ1) is 62.0. The summed E-state index contributed by atoms with van der Waals surface area (Å²) in [5, 5.41) is 60.6. The van der Waals surface area contributed by atoms with E-state index in [0.29, 0.717) is 12.8 Å². The Morgan fingerprint density at radius 2 is 0.971 bits per heavy atom. The third kappa shape index (κ3) is 32.7. The van der Waals surface area contributed by atoms with E-state index < -0.39 is 81.8 Å². The number of rotatable bonds is 37. The van der Waals surface area contributed by atoms with Crippen molar-refractivity contribution in [3.63, 3.8) is 0 Å². The van der Waals surface area contributed by atoms with Gasteiger partial charge < -0.3 is 45.0 Å². The van der Waals surface area contributed by atoms with Gasteiger partial charge in [-0.05, 0) is 89.9 Å². The quantitative estimate of drug-likeness (QED) is 0.0101. The Morgan fingerprint density at radius 1 is 0.529 bits per heavy atom. The molecule has 7 N–H and O–H groups in total. The van der Waals surface area contributed by atoms with Crippen LogP contribution < -0.4 is 0 Å². The molecule has 1 saturated carbocycles. The Morgan fingerprint density at radius 3 is 1.46 bits per heavy atom. The third-order valence-electron chi connectivity index (χ3n) is 10.1. The van der Waals surface area contributed by atoms with E-state index in [9.17, 15) is 49.7 Å². The monoisotopic (exact) mass is 973 g/mol. The minimum absolute atomic E-state index is 0.00161. The number of aliphatic hydroxyl groups excluding tert-OH is 6. The molecule has 382 valence electrons. The van der Waals surface area contributed by atoms with Gasteiger partial charge in [0.1, 0.15) is 43.2 Å². The molecule has 0 saturated heterocycles. The van der Waals surface area contributed by atoms with Gasteiger partial charge in [0.15, 0.2) is 6.10 Å². The zero-order chi connectivity index (χ0) is 50.1. The molecule has 1 fully saturated rings. The fourth-order valence-corrected chi connectivity index (χ4v) is 7.22. The summed E-state index contributed by atoms with van der Waals surface area (Å²) in [6.45, 7) is 2.82. The maximum atomic E-state index is 12.8. The highest BCUT2D eigenvalue weighted by Crippen LogP contribution is 2.47. The van der Waals surface area contributed by atoms with Crippen molar-refractivity contribution >= 4 is 19.8 Å². The first-order valence-corrected chi connectivity index (χ1v) is 25.6. The van der Waals surface area contributed by atoms with Gasteiger partial charge >= 0.3 is 19.8 Å². The molecule has 0 amide bonds. The summed E-state index contributed by atoms with van der Waals surface area (Å²) in [7, 11) is -5.20. The van der Waals surface area contributed by atoms with Crippen LogP contribution in [0.3, 0.4) is 0 Å². The molecule has 0 bridgehead atoms. The van der Waals surface area contributed by atoms with Crippen molar-refractivity contribution in [3.05, 3.63) is 134 Å². The van der Waals surface area contributed by atoms with Gasteiger partial charge in [-0.25, -0.2) is 4.57 Å². The number of phosphoric ester groups is 1. The van der Waals surface area contributed by atoms with Crippen LogP contribution in [0.5, 0.6) is 0 Å². The highest BCUT2D eigenvalue weighted by molar-refractivity contribution is 7.47. The summed E-state index contributed by atoms with van der Waals surface area (Å²) >= 11 is 0. The number of esters is 2. The van der Waals surface area contributed by atoms with Gasteiger partial charge in [0.05, 0.1) is 12.7 Å². The molecule has 1 aliphatic rings. The zero-order valence-electron chi connectivity index (χ0n) is 40.2. The molecule has 0 radical (unpaired) electrons. The highest BCUT2D eigenvalue weighted by Gasteiger charge is 2.51. The number of ether oxygens (including phenoxy) is 2. The van der Waals surface area contributed by atoms with E-state index in [-0.39, 0.29) is 19.3 Å². The number of hydrogen-bond acceptors (Lipinski definition) is 13. The molecular formula is C53H81O14P. The SMILES string of the molecule is CC/C=C\C/C=C\C/C=C\C/C=C\C/C=C\C=C/C(O)CCC(=O)OC[C@H](COP(=O)(O)OC1[C@H](O)[C@H](O)C(O)[C@H](O)[C@H]1O)OC(=O)CCCCC/C=C\C/C=C\C/C=C\C/C=C\C/C=C\CC. The van der Waals surface area contributed by atoms with Crippen molar-refractivity contribution in [2.45, 2.75) is 172 Å². The molecule has 1 aliphatic carbocycles. The van der Waals surface area contributed by atoms with Gasteiger partial charge in [0.25, 0.3) is 0 Å². The second kappa shape index (κ2) is 40.8. The Bertz CT molecular complexity index is 1710. The van der Waals surface area contributed by atoms with Gasteiger partial charge in [-0.3, -0.25) is 18.6 Å². The average molecular weight is 973 g/mol. The number of unbranched alkanes of at least 4 members (excludes halogenated alkanes) is 3. The summed E-state index contributed by atoms with van der Waals surface area (Å²) in [6, 6.07) is 0. The van der Waals surface area contributed by atoms with Gasteiger partial charge in [0.2, 0.25) is 0 Å².